The molecule has 0 radical (unpaired) electrons. The van der Waals surface area contributed by atoms with E-state index in [-0.39, 0.29) is 0 Å². The van der Waals surface area contributed by atoms with E-state index < -0.39 is 18.6 Å². The van der Waals surface area contributed by atoms with Gasteiger partial charge in [-0.2, -0.15) is 13.2 Å². The standard InChI is InChI=1S/C6H13F3N2/c1-5(11-3-2-10)4-6(7,8)9/h5,11H,2-4,10H2,1H3. The van der Waals surface area contributed by atoms with Crippen molar-refractivity contribution < 1.29 is 13.2 Å². The molecule has 0 heterocycles. The van der Waals surface area contributed by atoms with Crippen molar-refractivity contribution >= 4 is 0 Å². The largest absolute Gasteiger partial charge is 0.390 e. The summed E-state index contributed by atoms with van der Waals surface area (Å²) < 4.78 is 35.0. The molecule has 3 N–H and O–H groups in total. The quantitative estimate of drug-likeness (QED) is 0.657. The maximum Gasteiger partial charge on any atom is 0.390 e. The lowest BCUT2D eigenvalue weighted by molar-refractivity contribution is -0.138. The second-order valence-corrected chi connectivity index (χ2v) is 2.46. The van der Waals surface area contributed by atoms with E-state index in [0.29, 0.717) is 13.1 Å². The van der Waals surface area contributed by atoms with Gasteiger partial charge in [0.15, 0.2) is 0 Å². The molecule has 0 aromatic carbocycles. The molecule has 2 nitrogen and oxygen atoms in total. The smallest absolute Gasteiger partial charge is 0.329 e. The van der Waals surface area contributed by atoms with Crippen molar-refractivity contribution in [2.45, 2.75) is 25.6 Å². The van der Waals surface area contributed by atoms with Crippen LogP contribution in [0.5, 0.6) is 0 Å². The molecule has 0 saturated carbocycles. The van der Waals surface area contributed by atoms with E-state index in [2.05, 4.69) is 5.32 Å². The van der Waals surface area contributed by atoms with Crippen molar-refractivity contribution in [3.05, 3.63) is 0 Å². The average Bonchev–Trinajstić information content (AvgIpc) is 1.79. The van der Waals surface area contributed by atoms with Crippen molar-refractivity contribution in [3.63, 3.8) is 0 Å². The third-order valence-electron chi connectivity index (χ3n) is 1.17. The normalized spacial score (nSPS) is 15.0. The predicted octanol–water partition coefficient (Wildman–Crippen LogP) is 0.876. The lowest BCUT2D eigenvalue weighted by Crippen LogP contribution is -2.34. The summed E-state index contributed by atoms with van der Waals surface area (Å²) >= 11 is 0. The fourth-order valence-electron chi connectivity index (χ4n) is 0.749. The molecule has 0 aliphatic heterocycles. The molecule has 0 saturated heterocycles. The Morgan fingerprint density at radius 1 is 1.45 bits per heavy atom. The van der Waals surface area contributed by atoms with Gasteiger partial charge >= 0.3 is 6.18 Å². The number of alkyl halides is 3. The van der Waals surface area contributed by atoms with Crippen molar-refractivity contribution in [3.8, 4) is 0 Å². The number of nitrogens with one attached hydrogen (secondary N) is 1. The van der Waals surface area contributed by atoms with Gasteiger partial charge in [0.25, 0.3) is 0 Å². The average molecular weight is 170 g/mol. The van der Waals surface area contributed by atoms with Gasteiger partial charge in [-0.25, -0.2) is 0 Å². The Balaban J connectivity index is 3.44. The molecule has 68 valence electrons. The first-order chi connectivity index (χ1) is 4.95. The minimum atomic E-state index is -4.08. The molecule has 0 aromatic rings. The fraction of sp³-hybridized carbons (Fsp3) is 1.00. The van der Waals surface area contributed by atoms with Crippen LogP contribution in [0, 0.1) is 0 Å². The monoisotopic (exact) mass is 170 g/mol. The second-order valence-electron chi connectivity index (χ2n) is 2.46. The van der Waals surface area contributed by atoms with Crippen LogP contribution >= 0.6 is 0 Å². The summed E-state index contributed by atoms with van der Waals surface area (Å²) in [6, 6.07) is -0.543. The van der Waals surface area contributed by atoms with E-state index in [0.717, 1.165) is 0 Å². The predicted molar refractivity (Wildman–Crippen MR) is 37.2 cm³/mol. The molecule has 5 heteroatoms. The SMILES string of the molecule is CC(CC(F)(F)F)NCCN. The first kappa shape index (κ1) is 10.7. The van der Waals surface area contributed by atoms with E-state index in [1.165, 1.54) is 6.92 Å². The van der Waals surface area contributed by atoms with Crippen LogP contribution in [-0.2, 0) is 0 Å². The zero-order valence-electron chi connectivity index (χ0n) is 6.41. The Morgan fingerprint density at radius 2 is 2.00 bits per heavy atom. The molecular formula is C6H13F3N2. The molecule has 0 fully saturated rings. The van der Waals surface area contributed by atoms with Crippen LogP contribution in [0.25, 0.3) is 0 Å². The van der Waals surface area contributed by atoms with Gasteiger partial charge in [0, 0.05) is 19.1 Å². The van der Waals surface area contributed by atoms with Crippen molar-refractivity contribution in [1.29, 1.82) is 0 Å². The third kappa shape index (κ3) is 7.61. The number of rotatable bonds is 4. The number of hydrogen-bond acceptors (Lipinski definition) is 2. The number of halogens is 3. The Kier molecular flexibility index (Phi) is 4.44. The Labute approximate surface area is 64.0 Å². The van der Waals surface area contributed by atoms with Gasteiger partial charge < -0.3 is 11.1 Å². The van der Waals surface area contributed by atoms with Crippen LogP contribution in [0.2, 0.25) is 0 Å². The third-order valence-corrected chi connectivity index (χ3v) is 1.17. The minimum Gasteiger partial charge on any atom is -0.329 e. The summed E-state index contributed by atoms with van der Waals surface area (Å²) in [5.41, 5.74) is 5.10. The molecule has 1 unspecified atom stereocenters. The highest BCUT2D eigenvalue weighted by atomic mass is 19.4. The first-order valence-electron chi connectivity index (χ1n) is 3.46. The van der Waals surface area contributed by atoms with Gasteiger partial charge in [0.05, 0.1) is 6.42 Å². The van der Waals surface area contributed by atoms with Crippen molar-refractivity contribution in [2.75, 3.05) is 13.1 Å². The Bertz CT molecular complexity index is 102. The lowest BCUT2D eigenvalue weighted by atomic mass is 10.2. The van der Waals surface area contributed by atoms with Gasteiger partial charge in [-0.15, -0.1) is 0 Å². The van der Waals surface area contributed by atoms with Gasteiger partial charge in [-0.1, -0.05) is 0 Å². The van der Waals surface area contributed by atoms with Gasteiger partial charge in [0.2, 0.25) is 0 Å². The van der Waals surface area contributed by atoms with Crippen LogP contribution in [0.3, 0.4) is 0 Å². The van der Waals surface area contributed by atoms with Crippen LogP contribution < -0.4 is 11.1 Å². The summed E-state index contributed by atoms with van der Waals surface area (Å²) in [7, 11) is 0. The highest BCUT2D eigenvalue weighted by Gasteiger charge is 2.29. The van der Waals surface area contributed by atoms with E-state index in [9.17, 15) is 13.2 Å². The second kappa shape index (κ2) is 4.56. The maximum absolute atomic E-state index is 11.7. The van der Waals surface area contributed by atoms with Crippen molar-refractivity contribution in [2.24, 2.45) is 5.73 Å². The molecule has 0 spiro atoms. The Hall–Kier alpha value is -0.290. The molecule has 0 rings (SSSR count). The fourth-order valence-corrected chi connectivity index (χ4v) is 0.749. The molecule has 0 amide bonds. The van der Waals surface area contributed by atoms with Crippen LogP contribution in [0.1, 0.15) is 13.3 Å². The highest BCUT2D eigenvalue weighted by Crippen LogP contribution is 2.20. The summed E-state index contributed by atoms with van der Waals surface area (Å²) in [6.07, 6.45) is -4.88. The molecule has 11 heavy (non-hydrogen) atoms. The van der Waals surface area contributed by atoms with E-state index in [4.69, 9.17) is 5.73 Å². The van der Waals surface area contributed by atoms with Crippen molar-refractivity contribution in [1.82, 2.24) is 5.32 Å². The molecule has 0 aliphatic rings. The topological polar surface area (TPSA) is 38.0 Å². The van der Waals surface area contributed by atoms with Crippen LogP contribution in [-0.4, -0.2) is 25.3 Å². The highest BCUT2D eigenvalue weighted by molar-refractivity contribution is 4.65. The van der Waals surface area contributed by atoms with Gasteiger partial charge in [0.1, 0.15) is 0 Å². The Morgan fingerprint density at radius 3 is 2.36 bits per heavy atom. The summed E-state index contributed by atoms with van der Waals surface area (Å²) in [6.45, 7) is 2.28. The number of hydrogen-bond donors (Lipinski definition) is 2. The van der Waals surface area contributed by atoms with E-state index in [1.807, 2.05) is 0 Å². The van der Waals surface area contributed by atoms with Gasteiger partial charge in [-0.3, -0.25) is 0 Å². The van der Waals surface area contributed by atoms with Crippen LogP contribution in [0.15, 0.2) is 0 Å². The molecule has 1 atom stereocenters. The van der Waals surface area contributed by atoms with E-state index in [1.54, 1.807) is 0 Å². The zero-order chi connectivity index (χ0) is 8.91. The molecular weight excluding hydrogens is 157 g/mol. The summed E-state index contributed by atoms with van der Waals surface area (Å²) in [5, 5.41) is 2.64. The summed E-state index contributed by atoms with van der Waals surface area (Å²) in [5.74, 6) is 0. The number of nitrogens with two attached hydrogens (primary N) is 1. The molecule has 0 aliphatic carbocycles. The zero-order valence-corrected chi connectivity index (χ0v) is 6.41. The van der Waals surface area contributed by atoms with Gasteiger partial charge in [-0.05, 0) is 6.92 Å². The molecule has 0 bridgehead atoms. The minimum absolute atomic E-state index is 0.363. The van der Waals surface area contributed by atoms with E-state index >= 15 is 0 Å². The maximum atomic E-state index is 11.7. The first-order valence-corrected chi connectivity index (χ1v) is 3.46. The lowest BCUT2D eigenvalue weighted by Gasteiger charge is -2.14. The summed E-state index contributed by atoms with van der Waals surface area (Å²) in [4.78, 5) is 0. The molecule has 0 aromatic heterocycles. The van der Waals surface area contributed by atoms with Crippen LogP contribution in [0.4, 0.5) is 13.2 Å².